The fourth-order valence-corrected chi connectivity index (χ4v) is 7.12. The van der Waals surface area contributed by atoms with Gasteiger partial charge in [0.25, 0.3) is 0 Å². The van der Waals surface area contributed by atoms with Gasteiger partial charge in [-0.25, -0.2) is 0 Å². The van der Waals surface area contributed by atoms with Crippen LogP contribution in [0.4, 0.5) is 0 Å². The maximum atomic E-state index is 12.2. The molecule has 0 unspecified atom stereocenters. The van der Waals surface area contributed by atoms with Gasteiger partial charge in [0.15, 0.2) is 0 Å². The van der Waals surface area contributed by atoms with Crippen LogP contribution in [0.15, 0.2) is 23.3 Å². The molecule has 3 N–H and O–H groups in total. The van der Waals surface area contributed by atoms with Gasteiger partial charge in [-0.15, -0.1) is 0 Å². The van der Waals surface area contributed by atoms with Crippen molar-refractivity contribution >= 4 is 5.91 Å². The molecule has 4 aliphatic carbocycles. The van der Waals surface area contributed by atoms with Crippen molar-refractivity contribution in [2.24, 2.45) is 28.6 Å². The number of carbonyl (C=O) groups is 1. The summed E-state index contributed by atoms with van der Waals surface area (Å²) in [6, 6.07) is 0. The molecule has 0 spiro atoms. The highest BCUT2D eigenvalue weighted by Gasteiger charge is 2.57. The Hall–Kier alpha value is -1.13. The van der Waals surface area contributed by atoms with Crippen molar-refractivity contribution in [3.05, 3.63) is 23.3 Å². The average molecular weight is 374 g/mol. The second-order valence-electron chi connectivity index (χ2n) is 9.84. The summed E-state index contributed by atoms with van der Waals surface area (Å²) in [4.78, 5) is 12.2. The topological polar surface area (TPSA) is 69.6 Å². The minimum atomic E-state index is -0.145. The van der Waals surface area contributed by atoms with E-state index in [4.69, 9.17) is 5.11 Å². The molecule has 4 aliphatic rings. The molecule has 0 aromatic rings. The monoisotopic (exact) mass is 373 g/mol. The molecule has 4 heteroatoms. The molecular formula is C23H35NO3. The summed E-state index contributed by atoms with van der Waals surface area (Å²) in [5.41, 5.74) is 3.26. The molecule has 0 heterocycles. The summed E-state index contributed by atoms with van der Waals surface area (Å²) < 4.78 is 0. The maximum absolute atomic E-state index is 12.2. The highest BCUT2D eigenvalue weighted by molar-refractivity contribution is 5.88. The van der Waals surface area contributed by atoms with E-state index in [0.717, 1.165) is 38.0 Å². The molecule has 150 valence electrons. The number of rotatable bonds is 3. The second-order valence-corrected chi connectivity index (χ2v) is 9.84. The molecule has 4 rings (SSSR count). The number of aliphatic hydroxyl groups is 2. The van der Waals surface area contributed by atoms with Crippen LogP contribution in [0.1, 0.15) is 65.2 Å². The zero-order valence-electron chi connectivity index (χ0n) is 16.8. The summed E-state index contributed by atoms with van der Waals surface area (Å²) in [6.07, 6.45) is 12.9. The zero-order valence-corrected chi connectivity index (χ0v) is 16.8. The van der Waals surface area contributed by atoms with Crippen LogP contribution in [0.2, 0.25) is 0 Å². The van der Waals surface area contributed by atoms with Crippen LogP contribution in [0.3, 0.4) is 0 Å². The summed E-state index contributed by atoms with van der Waals surface area (Å²) in [6.45, 7) is 5.15. The van der Waals surface area contributed by atoms with Crippen LogP contribution in [-0.4, -0.2) is 35.4 Å². The molecule has 0 aromatic carbocycles. The minimum Gasteiger partial charge on any atom is -0.395 e. The number of hydrogen-bond acceptors (Lipinski definition) is 3. The van der Waals surface area contributed by atoms with Gasteiger partial charge in [-0.1, -0.05) is 31.1 Å². The van der Waals surface area contributed by atoms with Crippen molar-refractivity contribution in [2.75, 3.05) is 13.2 Å². The van der Waals surface area contributed by atoms with Gasteiger partial charge in [-0.3, -0.25) is 4.79 Å². The molecule has 3 saturated carbocycles. The minimum absolute atomic E-state index is 0.0134. The van der Waals surface area contributed by atoms with Gasteiger partial charge in [0.05, 0.1) is 12.7 Å². The Morgan fingerprint density at radius 3 is 2.74 bits per heavy atom. The van der Waals surface area contributed by atoms with Crippen LogP contribution in [0.25, 0.3) is 0 Å². The molecular weight excluding hydrogens is 338 g/mol. The number of nitrogens with one attached hydrogen (secondary N) is 1. The number of carbonyl (C=O) groups excluding carboxylic acids is 1. The van der Waals surface area contributed by atoms with E-state index < -0.39 is 0 Å². The Morgan fingerprint density at radius 2 is 1.96 bits per heavy atom. The Kier molecular flexibility index (Phi) is 5.00. The van der Waals surface area contributed by atoms with E-state index in [9.17, 15) is 9.90 Å². The average Bonchev–Trinajstić information content (AvgIpc) is 2.97. The van der Waals surface area contributed by atoms with Gasteiger partial charge >= 0.3 is 0 Å². The molecule has 0 aromatic heterocycles. The van der Waals surface area contributed by atoms with E-state index in [2.05, 4.69) is 25.2 Å². The first-order valence-electron chi connectivity index (χ1n) is 10.9. The fourth-order valence-electron chi connectivity index (χ4n) is 7.12. The van der Waals surface area contributed by atoms with Crippen LogP contribution in [0, 0.1) is 28.6 Å². The first-order valence-corrected chi connectivity index (χ1v) is 10.9. The van der Waals surface area contributed by atoms with Crippen molar-refractivity contribution in [3.8, 4) is 0 Å². The van der Waals surface area contributed by atoms with Crippen molar-refractivity contribution < 1.29 is 15.0 Å². The maximum Gasteiger partial charge on any atom is 0.244 e. The third-order valence-electron chi connectivity index (χ3n) is 8.64. The van der Waals surface area contributed by atoms with Crippen LogP contribution >= 0.6 is 0 Å². The van der Waals surface area contributed by atoms with Crippen molar-refractivity contribution in [1.29, 1.82) is 0 Å². The SMILES string of the molecule is C[C@]12CC[C@H](O)CC1=CC[C@@H]1[C@@H]2CC[C@]2(C)/C(=C\C(=O)NCCO)CC[C@@H]12. The number of allylic oxidation sites excluding steroid dienone is 2. The number of hydrogen-bond donors (Lipinski definition) is 3. The lowest BCUT2D eigenvalue weighted by atomic mass is 9.48. The lowest BCUT2D eigenvalue weighted by Gasteiger charge is -2.57. The molecule has 6 atom stereocenters. The molecule has 3 fully saturated rings. The lowest BCUT2D eigenvalue weighted by Crippen LogP contribution is -2.49. The van der Waals surface area contributed by atoms with Crippen LogP contribution in [-0.2, 0) is 4.79 Å². The standard InChI is InChI=1S/C23H35NO3/c1-22-9-7-17(26)13-15(22)3-5-18-19-6-4-16(14-21(27)24-11-12-25)23(19,2)10-8-20(18)22/h3,14,17-20,25-26H,4-13H2,1-2H3,(H,24,27)/b16-14-/t17-,18-,19-,20-,22-,23+/m0/s1. The number of amides is 1. The van der Waals surface area contributed by atoms with E-state index in [1.54, 1.807) is 0 Å². The molecule has 0 saturated heterocycles. The van der Waals surface area contributed by atoms with Crippen molar-refractivity contribution in [3.63, 3.8) is 0 Å². The number of aliphatic hydroxyl groups excluding tert-OH is 2. The van der Waals surface area contributed by atoms with Gasteiger partial charge in [0.1, 0.15) is 0 Å². The quantitative estimate of drug-likeness (QED) is 0.525. The number of fused-ring (bicyclic) bond motifs is 5. The Bertz CT molecular complexity index is 669. The first kappa shape index (κ1) is 19.2. The van der Waals surface area contributed by atoms with Gasteiger partial charge in [0.2, 0.25) is 5.91 Å². The van der Waals surface area contributed by atoms with E-state index in [1.165, 1.54) is 30.4 Å². The van der Waals surface area contributed by atoms with Gasteiger partial charge in [-0.2, -0.15) is 0 Å². The zero-order chi connectivity index (χ0) is 19.2. The molecule has 1 amide bonds. The molecule has 0 radical (unpaired) electrons. The predicted molar refractivity (Wildman–Crippen MR) is 106 cm³/mol. The largest absolute Gasteiger partial charge is 0.395 e. The third-order valence-corrected chi connectivity index (χ3v) is 8.64. The Balaban J connectivity index is 1.57. The van der Waals surface area contributed by atoms with E-state index >= 15 is 0 Å². The molecule has 4 nitrogen and oxygen atoms in total. The highest BCUT2D eigenvalue weighted by Crippen LogP contribution is 2.66. The first-order chi connectivity index (χ1) is 12.9. The van der Waals surface area contributed by atoms with Gasteiger partial charge < -0.3 is 15.5 Å². The van der Waals surface area contributed by atoms with E-state index in [0.29, 0.717) is 18.4 Å². The smallest absolute Gasteiger partial charge is 0.244 e. The fraction of sp³-hybridized carbons (Fsp3) is 0.783. The Labute approximate surface area is 163 Å². The van der Waals surface area contributed by atoms with E-state index in [1.807, 2.05) is 6.08 Å². The predicted octanol–water partition coefficient (Wildman–Crippen LogP) is 3.35. The lowest BCUT2D eigenvalue weighted by molar-refractivity contribution is -0.116. The highest BCUT2D eigenvalue weighted by atomic mass is 16.3. The summed E-state index contributed by atoms with van der Waals surface area (Å²) in [7, 11) is 0. The summed E-state index contributed by atoms with van der Waals surface area (Å²) in [5.74, 6) is 2.04. The van der Waals surface area contributed by atoms with Crippen molar-refractivity contribution in [2.45, 2.75) is 71.3 Å². The Morgan fingerprint density at radius 1 is 1.22 bits per heavy atom. The summed E-state index contributed by atoms with van der Waals surface area (Å²) >= 11 is 0. The van der Waals surface area contributed by atoms with E-state index in [-0.39, 0.29) is 29.4 Å². The molecule has 27 heavy (non-hydrogen) atoms. The third kappa shape index (κ3) is 3.09. The van der Waals surface area contributed by atoms with Gasteiger partial charge in [0, 0.05) is 12.6 Å². The molecule has 0 aliphatic heterocycles. The normalized spacial score (nSPS) is 44.9. The van der Waals surface area contributed by atoms with Crippen molar-refractivity contribution in [1.82, 2.24) is 5.32 Å². The van der Waals surface area contributed by atoms with Crippen LogP contribution in [0.5, 0.6) is 0 Å². The van der Waals surface area contributed by atoms with Crippen LogP contribution < -0.4 is 5.32 Å². The summed E-state index contributed by atoms with van der Waals surface area (Å²) in [5, 5.41) is 21.8. The molecule has 0 bridgehead atoms. The van der Waals surface area contributed by atoms with Gasteiger partial charge in [-0.05, 0) is 80.0 Å². The second kappa shape index (κ2) is 7.04.